The molecule has 0 radical (unpaired) electrons. The number of methoxy groups -OCH3 is 1. The van der Waals surface area contributed by atoms with Gasteiger partial charge in [0.2, 0.25) is 5.91 Å². The van der Waals surface area contributed by atoms with Gasteiger partial charge in [-0.25, -0.2) is 4.39 Å². The molecular weight excluding hydrogens is 389 g/mol. The molecule has 8 heteroatoms. The number of halogens is 1. The zero-order valence-corrected chi connectivity index (χ0v) is 16.4. The maximum absolute atomic E-state index is 13.8. The lowest BCUT2D eigenvalue weighted by Gasteiger charge is -2.11. The van der Waals surface area contributed by atoms with Gasteiger partial charge in [-0.1, -0.05) is 24.3 Å². The van der Waals surface area contributed by atoms with Crippen LogP contribution in [0.15, 0.2) is 65.1 Å². The number of anilines is 1. The highest BCUT2D eigenvalue weighted by molar-refractivity contribution is 5.84. The van der Waals surface area contributed by atoms with Gasteiger partial charge in [0.1, 0.15) is 23.1 Å². The number of ether oxygens (including phenoxy) is 1. The fourth-order valence-electron chi connectivity index (χ4n) is 2.77. The highest BCUT2D eigenvalue weighted by Gasteiger charge is 2.11. The normalized spacial score (nSPS) is 10.3. The van der Waals surface area contributed by atoms with E-state index in [9.17, 15) is 14.0 Å². The molecule has 0 spiro atoms. The van der Waals surface area contributed by atoms with E-state index in [2.05, 4.69) is 16.2 Å². The number of furan rings is 1. The van der Waals surface area contributed by atoms with E-state index < -0.39 is 5.91 Å². The van der Waals surface area contributed by atoms with E-state index in [0.717, 1.165) is 0 Å². The van der Waals surface area contributed by atoms with Crippen LogP contribution in [0.5, 0.6) is 5.75 Å². The molecule has 0 saturated carbocycles. The van der Waals surface area contributed by atoms with Crippen molar-refractivity contribution in [2.75, 3.05) is 19.0 Å². The first-order valence-electron chi connectivity index (χ1n) is 9.35. The van der Waals surface area contributed by atoms with Gasteiger partial charge < -0.3 is 14.5 Å². The third-order valence-corrected chi connectivity index (χ3v) is 4.29. The molecule has 30 heavy (non-hydrogen) atoms. The van der Waals surface area contributed by atoms with Crippen LogP contribution in [0.25, 0.3) is 11.3 Å². The summed E-state index contributed by atoms with van der Waals surface area (Å²) in [5.41, 5.74) is 5.73. The van der Waals surface area contributed by atoms with Gasteiger partial charge in [-0.15, -0.1) is 0 Å². The number of aryl methyl sites for hydroxylation is 1. The van der Waals surface area contributed by atoms with Crippen LogP contribution in [-0.2, 0) is 16.0 Å². The minimum absolute atomic E-state index is 0.0369. The van der Waals surface area contributed by atoms with Crippen LogP contribution in [0.4, 0.5) is 10.1 Å². The topological polar surface area (TPSA) is 92.6 Å². The first-order chi connectivity index (χ1) is 14.6. The van der Waals surface area contributed by atoms with Crippen molar-refractivity contribution in [3.8, 4) is 17.1 Å². The minimum atomic E-state index is -0.408. The molecule has 0 atom stereocenters. The molecule has 0 aliphatic rings. The van der Waals surface area contributed by atoms with Crippen LogP contribution in [-0.4, -0.2) is 25.5 Å². The van der Waals surface area contributed by atoms with Gasteiger partial charge in [-0.2, -0.15) is 0 Å². The van der Waals surface area contributed by atoms with Crippen LogP contribution >= 0.6 is 0 Å². The Balaban J connectivity index is 1.41. The fourth-order valence-corrected chi connectivity index (χ4v) is 2.77. The van der Waals surface area contributed by atoms with Crippen molar-refractivity contribution in [1.29, 1.82) is 0 Å². The van der Waals surface area contributed by atoms with Crippen LogP contribution in [0.3, 0.4) is 0 Å². The Morgan fingerprint density at radius 1 is 0.967 bits per heavy atom. The molecular formula is C22H22FN3O4. The summed E-state index contributed by atoms with van der Waals surface area (Å²) in [5, 5.41) is 2.93. The second kappa shape index (κ2) is 10.1. The summed E-state index contributed by atoms with van der Waals surface area (Å²) >= 11 is 0. The highest BCUT2D eigenvalue weighted by atomic mass is 19.1. The number of hydrazine groups is 1. The van der Waals surface area contributed by atoms with Crippen molar-refractivity contribution in [3.05, 3.63) is 72.2 Å². The molecule has 1 aromatic heterocycles. The molecule has 156 valence electrons. The lowest BCUT2D eigenvalue weighted by molar-refractivity contribution is -0.128. The van der Waals surface area contributed by atoms with E-state index in [1.54, 1.807) is 49.6 Å². The number of carbonyl (C=O) groups excluding carboxylic acids is 2. The zero-order chi connectivity index (χ0) is 21.3. The Morgan fingerprint density at radius 2 is 1.70 bits per heavy atom. The summed E-state index contributed by atoms with van der Waals surface area (Å²) in [6.07, 6.45) is 0.417. The minimum Gasteiger partial charge on any atom is -0.495 e. The number of amides is 2. The monoisotopic (exact) mass is 411 g/mol. The van der Waals surface area contributed by atoms with Gasteiger partial charge in [0.05, 0.1) is 24.9 Å². The van der Waals surface area contributed by atoms with Gasteiger partial charge in [0.15, 0.2) is 0 Å². The third-order valence-electron chi connectivity index (χ3n) is 4.29. The Morgan fingerprint density at radius 3 is 2.50 bits per heavy atom. The number of benzene rings is 2. The van der Waals surface area contributed by atoms with E-state index in [-0.39, 0.29) is 24.7 Å². The molecule has 2 aromatic carbocycles. The SMILES string of the molecule is COc1ccccc1NCC(=O)NNC(=O)CCc1ccc(-c2ccccc2F)o1. The van der Waals surface area contributed by atoms with Crippen molar-refractivity contribution in [2.45, 2.75) is 12.8 Å². The van der Waals surface area contributed by atoms with Gasteiger partial charge >= 0.3 is 0 Å². The molecule has 0 aliphatic carbocycles. The molecule has 0 aliphatic heterocycles. The summed E-state index contributed by atoms with van der Waals surface area (Å²) in [7, 11) is 1.54. The highest BCUT2D eigenvalue weighted by Crippen LogP contribution is 2.25. The number of hydrogen-bond acceptors (Lipinski definition) is 5. The van der Waals surface area contributed by atoms with E-state index in [4.69, 9.17) is 9.15 Å². The van der Waals surface area contributed by atoms with E-state index in [1.807, 2.05) is 12.1 Å². The third kappa shape index (κ3) is 5.60. The largest absolute Gasteiger partial charge is 0.495 e. The lowest BCUT2D eigenvalue weighted by atomic mass is 10.1. The van der Waals surface area contributed by atoms with E-state index in [1.165, 1.54) is 6.07 Å². The van der Waals surface area contributed by atoms with Crippen molar-refractivity contribution < 1.29 is 23.1 Å². The van der Waals surface area contributed by atoms with Crippen LogP contribution in [0, 0.1) is 5.82 Å². The van der Waals surface area contributed by atoms with Gasteiger partial charge in [0, 0.05) is 12.8 Å². The summed E-state index contributed by atoms with van der Waals surface area (Å²) < 4.78 is 24.6. The molecule has 0 unspecified atom stereocenters. The van der Waals surface area contributed by atoms with Crippen LogP contribution < -0.4 is 20.9 Å². The van der Waals surface area contributed by atoms with Gasteiger partial charge in [-0.3, -0.25) is 20.4 Å². The average molecular weight is 411 g/mol. The number of hydrogen-bond donors (Lipinski definition) is 3. The fraction of sp³-hybridized carbons (Fsp3) is 0.182. The summed E-state index contributed by atoms with van der Waals surface area (Å²) in [6.45, 7) is -0.0369. The van der Waals surface area contributed by atoms with Crippen LogP contribution in [0.2, 0.25) is 0 Å². The van der Waals surface area contributed by atoms with Crippen molar-refractivity contribution in [2.24, 2.45) is 0 Å². The van der Waals surface area contributed by atoms with Crippen LogP contribution in [0.1, 0.15) is 12.2 Å². The Kier molecular flexibility index (Phi) is 7.05. The summed E-state index contributed by atoms with van der Waals surface area (Å²) in [6, 6.07) is 16.9. The van der Waals surface area contributed by atoms with E-state index >= 15 is 0 Å². The predicted octanol–water partition coefficient (Wildman–Crippen LogP) is 3.29. The molecule has 3 aromatic rings. The number of rotatable bonds is 8. The number of nitrogens with one attached hydrogen (secondary N) is 3. The maximum Gasteiger partial charge on any atom is 0.257 e. The Hall–Kier alpha value is -3.81. The van der Waals surface area contributed by atoms with Crippen molar-refractivity contribution in [3.63, 3.8) is 0 Å². The molecule has 0 saturated heterocycles. The number of carbonyl (C=O) groups is 2. The quantitative estimate of drug-likeness (QED) is 0.495. The standard InChI is InChI=1S/C22H22FN3O4/c1-29-20-9-5-4-8-18(20)24-14-22(28)26-25-21(27)13-11-15-10-12-19(30-15)16-6-2-3-7-17(16)23/h2-10,12,24H,11,13-14H2,1H3,(H,25,27)(H,26,28). The number of para-hydroxylation sites is 2. The molecule has 7 nitrogen and oxygen atoms in total. The smallest absolute Gasteiger partial charge is 0.257 e. The Labute approximate surface area is 173 Å². The van der Waals surface area contributed by atoms with Gasteiger partial charge in [0.25, 0.3) is 5.91 Å². The maximum atomic E-state index is 13.8. The summed E-state index contributed by atoms with van der Waals surface area (Å²) in [5.74, 6) is 0.411. The average Bonchev–Trinajstić information content (AvgIpc) is 3.24. The van der Waals surface area contributed by atoms with Crippen molar-refractivity contribution in [1.82, 2.24) is 10.9 Å². The first-order valence-corrected chi connectivity index (χ1v) is 9.35. The zero-order valence-electron chi connectivity index (χ0n) is 16.4. The lowest BCUT2D eigenvalue weighted by Crippen LogP contribution is -2.44. The molecule has 1 heterocycles. The second-order valence-corrected chi connectivity index (χ2v) is 6.40. The molecule has 0 fully saturated rings. The first kappa shape index (κ1) is 20.9. The predicted molar refractivity (Wildman–Crippen MR) is 110 cm³/mol. The molecule has 3 N–H and O–H groups in total. The second-order valence-electron chi connectivity index (χ2n) is 6.40. The van der Waals surface area contributed by atoms with E-state index in [0.29, 0.717) is 34.9 Å². The molecule has 2 amide bonds. The van der Waals surface area contributed by atoms with Crippen molar-refractivity contribution >= 4 is 17.5 Å². The van der Waals surface area contributed by atoms with Gasteiger partial charge in [-0.05, 0) is 36.4 Å². The molecule has 3 rings (SSSR count). The Bertz CT molecular complexity index is 1020. The summed E-state index contributed by atoms with van der Waals surface area (Å²) in [4.78, 5) is 23.9. The molecule has 0 bridgehead atoms.